The molecule has 0 aromatic carbocycles. The van der Waals surface area contributed by atoms with Crippen molar-refractivity contribution < 1.29 is 4.74 Å². The van der Waals surface area contributed by atoms with Gasteiger partial charge < -0.3 is 4.74 Å². The van der Waals surface area contributed by atoms with Gasteiger partial charge in [0.05, 0.1) is 6.61 Å². The highest BCUT2D eigenvalue weighted by molar-refractivity contribution is 5.06. The van der Waals surface area contributed by atoms with Crippen LogP contribution >= 0.6 is 0 Å². The molecule has 0 unspecified atom stereocenters. The molecule has 0 bridgehead atoms. The molecule has 2 rings (SSSR count). The molecule has 2 heteroatoms. The monoisotopic (exact) mass is 183 g/mol. The molecule has 13 heavy (non-hydrogen) atoms. The first-order valence-electron chi connectivity index (χ1n) is 5.32. The van der Waals surface area contributed by atoms with Gasteiger partial charge in [0.15, 0.2) is 0 Å². The van der Waals surface area contributed by atoms with E-state index in [0.29, 0.717) is 11.0 Å². The number of rotatable bonds is 2. The summed E-state index contributed by atoms with van der Waals surface area (Å²) in [4.78, 5) is 2.65. The lowest BCUT2D eigenvalue weighted by Crippen LogP contribution is -2.42. The van der Waals surface area contributed by atoms with Crippen molar-refractivity contribution >= 4 is 0 Å². The molecule has 0 aliphatic carbocycles. The van der Waals surface area contributed by atoms with Crippen molar-refractivity contribution in [3.63, 3.8) is 0 Å². The fourth-order valence-corrected chi connectivity index (χ4v) is 3.39. The highest BCUT2D eigenvalue weighted by Gasteiger charge is 2.51. The Hall–Kier alpha value is -0.0800. The molecule has 2 saturated heterocycles. The number of nitrogens with zero attached hydrogens (tertiary/aromatic N) is 1. The molecule has 2 fully saturated rings. The standard InChI is InChI=1S/C11H21NO/c1-10(2)7-11(9-13-3)5-4-6-12(11)8-10/h4-9H2,1-3H3/t11-/m1/s1. The van der Waals surface area contributed by atoms with Crippen molar-refractivity contribution in [3.05, 3.63) is 0 Å². The molecule has 76 valence electrons. The number of fused-ring (bicyclic) bond motifs is 1. The summed E-state index contributed by atoms with van der Waals surface area (Å²) in [7, 11) is 1.83. The number of hydrogen-bond donors (Lipinski definition) is 0. The molecule has 2 aliphatic rings. The molecule has 0 radical (unpaired) electrons. The molecule has 0 saturated carbocycles. The quantitative estimate of drug-likeness (QED) is 0.648. The fraction of sp³-hybridized carbons (Fsp3) is 1.00. The van der Waals surface area contributed by atoms with Crippen molar-refractivity contribution in [1.82, 2.24) is 4.90 Å². The van der Waals surface area contributed by atoms with Crippen LogP contribution in [0.3, 0.4) is 0 Å². The third kappa shape index (κ3) is 1.50. The summed E-state index contributed by atoms with van der Waals surface area (Å²) in [6, 6.07) is 0. The van der Waals surface area contributed by atoms with Crippen LogP contribution in [0.5, 0.6) is 0 Å². The maximum Gasteiger partial charge on any atom is 0.0646 e. The molecular weight excluding hydrogens is 162 g/mol. The maximum atomic E-state index is 5.38. The summed E-state index contributed by atoms with van der Waals surface area (Å²) >= 11 is 0. The lowest BCUT2D eigenvalue weighted by atomic mass is 9.83. The largest absolute Gasteiger partial charge is 0.383 e. The second-order valence-electron chi connectivity index (χ2n) is 5.52. The second kappa shape index (κ2) is 2.96. The van der Waals surface area contributed by atoms with Crippen LogP contribution in [-0.4, -0.2) is 37.2 Å². The topological polar surface area (TPSA) is 12.5 Å². The number of ether oxygens (including phenoxy) is 1. The predicted octanol–water partition coefficient (Wildman–Crippen LogP) is 1.90. The van der Waals surface area contributed by atoms with Crippen LogP contribution in [-0.2, 0) is 4.74 Å². The highest BCUT2D eigenvalue weighted by Crippen LogP contribution is 2.47. The predicted molar refractivity (Wildman–Crippen MR) is 53.8 cm³/mol. The van der Waals surface area contributed by atoms with Crippen LogP contribution < -0.4 is 0 Å². The van der Waals surface area contributed by atoms with E-state index in [4.69, 9.17) is 4.74 Å². The average molecular weight is 183 g/mol. The molecule has 0 spiro atoms. The van der Waals surface area contributed by atoms with Crippen molar-refractivity contribution in [2.75, 3.05) is 26.8 Å². The lowest BCUT2D eigenvalue weighted by molar-refractivity contribution is 0.0650. The summed E-state index contributed by atoms with van der Waals surface area (Å²) in [5, 5.41) is 0. The molecule has 1 atom stereocenters. The first-order chi connectivity index (χ1) is 6.08. The van der Waals surface area contributed by atoms with Gasteiger partial charge in [0.1, 0.15) is 0 Å². The lowest BCUT2D eigenvalue weighted by Gasteiger charge is -2.31. The van der Waals surface area contributed by atoms with Crippen LogP contribution in [0.15, 0.2) is 0 Å². The van der Waals surface area contributed by atoms with Gasteiger partial charge in [-0.3, -0.25) is 4.90 Å². The Labute approximate surface area is 81.3 Å². The Bertz CT molecular complexity index is 202. The Balaban J connectivity index is 2.15. The molecule has 0 amide bonds. The van der Waals surface area contributed by atoms with Gasteiger partial charge in [-0.1, -0.05) is 13.8 Å². The van der Waals surface area contributed by atoms with E-state index in [1.807, 2.05) is 7.11 Å². The third-order valence-corrected chi connectivity index (χ3v) is 3.58. The van der Waals surface area contributed by atoms with E-state index in [1.165, 1.54) is 32.4 Å². The maximum absolute atomic E-state index is 5.38. The minimum Gasteiger partial charge on any atom is -0.383 e. The van der Waals surface area contributed by atoms with Gasteiger partial charge in [0, 0.05) is 19.2 Å². The zero-order valence-electron chi connectivity index (χ0n) is 9.10. The minimum absolute atomic E-state index is 0.401. The number of methoxy groups -OCH3 is 1. The van der Waals surface area contributed by atoms with Crippen molar-refractivity contribution in [2.45, 2.75) is 38.6 Å². The van der Waals surface area contributed by atoms with E-state index < -0.39 is 0 Å². The van der Waals surface area contributed by atoms with Gasteiger partial charge >= 0.3 is 0 Å². The molecular formula is C11H21NO. The first kappa shape index (κ1) is 9.47. The molecule has 2 nitrogen and oxygen atoms in total. The smallest absolute Gasteiger partial charge is 0.0646 e. The van der Waals surface area contributed by atoms with Gasteiger partial charge in [-0.15, -0.1) is 0 Å². The van der Waals surface area contributed by atoms with Gasteiger partial charge in [-0.05, 0) is 31.2 Å². The molecule has 0 N–H and O–H groups in total. The third-order valence-electron chi connectivity index (χ3n) is 3.58. The Morgan fingerprint density at radius 3 is 2.85 bits per heavy atom. The molecule has 2 heterocycles. The number of hydrogen-bond acceptors (Lipinski definition) is 2. The van der Waals surface area contributed by atoms with Crippen LogP contribution in [0, 0.1) is 5.41 Å². The van der Waals surface area contributed by atoms with Gasteiger partial charge in [0.2, 0.25) is 0 Å². The van der Waals surface area contributed by atoms with Crippen LogP contribution in [0.4, 0.5) is 0 Å². The van der Waals surface area contributed by atoms with E-state index in [-0.39, 0.29) is 0 Å². The summed E-state index contributed by atoms with van der Waals surface area (Å²) < 4.78 is 5.38. The van der Waals surface area contributed by atoms with E-state index in [0.717, 1.165) is 6.61 Å². The first-order valence-corrected chi connectivity index (χ1v) is 5.32. The summed E-state index contributed by atoms with van der Waals surface area (Å²) in [6.07, 6.45) is 4.01. The summed E-state index contributed by atoms with van der Waals surface area (Å²) in [5.74, 6) is 0. The van der Waals surface area contributed by atoms with Crippen molar-refractivity contribution in [2.24, 2.45) is 5.41 Å². The van der Waals surface area contributed by atoms with Crippen molar-refractivity contribution in [3.8, 4) is 0 Å². The summed E-state index contributed by atoms with van der Waals surface area (Å²) in [6.45, 7) is 8.23. The zero-order valence-corrected chi connectivity index (χ0v) is 9.10. The van der Waals surface area contributed by atoms with Crippen LogP contribution in [0.25, 0.3) is 0 Å². The molecule has 2 aliphatic heterocycles. The van der Waals surface area contributed by atoms with E-state index >= 15 is 0 Å². The van der Waals surface area contributed by atoms with Gasteiger partial charge in [-0.2, -0.15) is 0 Å². The average Bonchev–Trinajstić information content (AvgIpc) is 2.40. The van der Waals surface area contributed by atoms with Crippen LogP contribution in [0.1, 0.15) is 33.1 Å². The normalized spacial score (nSPS) is 38.1. The molecule has 0 aromatic heterocycles. The highest BCUT2D eigenvalue weighted by atomic mass is 16.5. The molecule has 0 aromatic rings. The Morgan fingerprint density at radius 2 is 2.15 bits per heavy atom. The Morgan fingerprint density at radius 1 is 1.38 bits per heavy atom. The minimum atomic E-state index is 0.401. The summed E-state index contributed by atoms with van der Waals surface area (Å²) in [5.41, 5.74) is 0.900. The van der Waals surface area contributed by atoms with Crippen molar-refractivity contribution in [1.29, 1.82) is 0 Å². The van der Waals surface area contributed by atoms with E-state index in [9.17, 15) is 0 Å². The van der Waals surface area contributed by atoms with Crippen LogP contribution in [0.2, 0.25) is 0 Å². The Kier molecular flexibility index (Phi) is 2.16. The van der Waals surface area contributed by atoms with E-state index in [1.54, 1.807) is 0 Å². The second-order valence-corrected chi connectivity index (χ2v) is 5.52. The zero-order chi connectivity index (χ0) is 9.53. The van der Waals surface area contributed by atoms with E-state index in [2.05, 4.69) is 18.7 Å². The van der Waals surface area contributed by atoms with Gasteiger partial charge in [0.25, 0.3) is 0 Å². The fourth-order valence-electron chi connectivity index (χ4n) is 3.39. The van der Waals surface area contributed by atoms with Gasteiger partial charge in [-0.25, -0.2) is 0 Å². The SMILES string of the molecule is COC[C@]12CCCN1CC(C)(C)C2.